The Kier molecular flexibility index (Phi) is 4.71. The molecule has 5 nitrogen and oxygen atoms in total. The van der Waals surface area contributed by atoms with Crippen molar-refractivity contribution in [2.75, 3.05) is 0 Å². The minimum Gasteiger partial charge on any atom is -0.457 e. The van der Waals surface area contributed by atoms with Gasteiger partial charge < -0.3 is 9.73 Å². The number of halogens is 2. The Bertz CT molecular complexity index is 1090. The lowest BCUT2D eigenvalue weighted by molar-refractivity contribution is -0.123. The molecule has 1 fully saturated rings. The van der Waals surface area contributed by atoms with E-state index in [-0.39, 0.29) is 17.8 Å². The van der Waals surface area contributed by atoms with Crippen molar-refractivity contribution < 1.29 is 18.4 Å². The molecule has 0 atom stereocenters. The highest BCUT2D eigenvalue weighted by Crippen LogP contribution is 2.25. The first kappa shape index (κ1) is 18.0. The first-order valence-corrected chi connectivity index (χ1v) is 8.83. The molecule has 7 heteroatoms. The largest absolute Gasteiger partial charge is 0.457 e. The maximum absolute atomic E-state index is 13.8. The number of imide groups is 1. The van der Waals surface area contributed by atoms with Crippen molar-refractivity contribution in [1.82, 2.24) is 10.2 Å². The predicted octanol–water partition coefficient (Wildman–Crippen LogP) is 4.83. The lowest BCUT2D eigenvalue weighted by Crippen LogP contribution is -2.30. The zero-order valence-electron chi connectivity index (χ0n) is 14.5. The molecule has 0 radical (unpaired) electrons. The molecule has 3 amide bonds. The average molecular weight is 397 g/mol. The molecule has 2 aromatic carbocycles. The molecular formula is C21H14ClFN2O3. The van der Waals surface area contributed by atoms with Gasteiger partial charge in [0.15, 0.2) is 0 Å². The second kappa shape index (κ2) is 7.32. The Hall–Kier alpha value is -3.38. The van der Waals surface area contributed by atoms with Crippen molar-refractivity contribution in [2.45, 2.75) is 6.54 Å². The van der Waals surface area contributed by atoms with Crippen LogP contribution in [0.2, 0.25) is 5.02 Å². The van der Waals surface area contributed by atoms with Gasteiger partial charge in [-0.25, -0.2) is 9.18 Å². The Labute approximate surface area is 165 Å². The molecule has 0 bridgehead atoms. The average Bonchev–Trinajstić information content (AvgIpc) is 3.24. The number of carbonyl (C=O) groups is 2. The van der Waals surface area contributed by atoms with Crippen molar-refractivity contribution in [3.8, 4) is 11.3 Å². The van der Waals surface area contributed by atoms with Crippen LogP contribution in [0, 0.1) is 5.82 Å². The van der Waals surface area contributed by atoms with Gasteiger partial charge in [0.05, 0.1) is 6.54 Å². The van der Waals surface area contributed by atoms with Crippen LogP contribution in [0.5, 0.6) is 0 Å². The van der Waals surface area contributed by atoms with E-state index in [0.29, 0.717) is 16.5 Å². The van der Waals surface area contributed by atoms with Crippen molar-refractivity contribution in [2.24, 2.45) is 0 Å². The van der Waals surface area contributed by atoms with Crippen LogP contribution in [0.15, 0.2) is 70.8 Å². The van der Waals surface area contributed by atoms with Gasteiger partial charge in [0.2, 0.25) is 0 Å². The highest BCUT2D eigenvalue weighted by Gasteiger charge is 2.34. The number of rotatable bonds is 4. The maximum Gasteiger partial charge on any atom is 0.329 e. The Morgan fingerprint density at radius 1 is 1.04 bits per heavy atom. The molecule has 1 saturated heterocycles. The number of nitrogens with zero attached hydrogens (tertiary/aromatic N) is 1. The summed E-state index contributed by atoms with van der Waals surface area (Å²) in [4.78, 5) is 25.6. The van der Waals surface area contributed by atoms with Gasteiger partial charge in [0.1, 0.15) is 23.0 Å². The number of urea groups is 1. The molecule has 1 aromatic heterocycles. The number of hydrogen-bond donors (Lipinski definition) is 1. The van der Waals surface area contributed by atoms with Gasteiger partial charge in [-0.2, -0.15) is 0 Å². The molecular weight excluding hydrogens is 383 g/mol. The lowest BCUT2D eigenvalue weighted by Gasteiger charge is -2.12. The van der Waals surface area contributed by atoms with Crippen molar-refractivity contribution in [3.05, 3.63) is 88.5 Å². The zero-order valence-corrected chi connectivity index (χ0v) is 15.2. The Morgan fingerprint density at radius 2 is 1.79 bits per heavy atom. The number of nitrogens with one attached hydrogen (secondary N) is 1. The fraction of sp³-hybridized carbons (Fsp3) is 0.0476. The number of furan rings is 1. The number of hydrogen-bond acceptors (Lipinski definition) is 3. The molecule has 28 heavy (non-hydrogen) atoms. The van der Waals surface area contributed by atoms with Gasteiger partial charge in [-0.1, -0.05) is 29.8 Å². The van der Waals surface area contributed by atoms with Crippen LogP contribution in [0.25, 0.3) is 17.4 Å². The molecule has 0 saturated carbocycles. The number of benzene rings is 2. The van der Waals surface area contributed by atoms with Gasteiger partial charge >= 0.3 is 6.03 Å². The summed E-state index contributed by atoms with van der Waals surface area (Å²) in [6.45, 7) is -0.150. The highest BCUT2D eigenvalue weighted by atomic mass is 35.5. The zero-order chi connectivity index (χ0) is 19.7. The first-order valence-electron chi connectivity index (χ1n) is 8.45. The van der Waals surface area contributed by atoms with Crippen LogP contribution in [0.4, 0.5) is 9.18 Å². The summed E-state index contributed by atoms with van der Waals surface area (Å²) in [7, 11) is 0. The highest BCUT2D eigenvalue weighted by molar-refractivity contribution is 6.30. The molecule has 0 unspecified atom stereocenters. The summed E-state index contributed by atoms with van der Waals surface area (Å²) < 4.78 is 19.5. The van der Waals surface area contributed by atoms with Gasteiger partial charge in [-0.15, -0.1) is 0 Å². The van der Waals surface area contributed by atoms with Gasteiger partial charge in [0.25, 0.3) is 5.91 Å². The summed E-state index contributed by atoms with van der Waals surface area (Å²) in [5, 5.41) is 3.11. The molecule has 0 spiro atoms. The molecule has 2 heterocycles. The second-order valence-corrected chi connectivity index (χ2v) is 6.62. The summed E-state index contributed by atoms with van der Waals surface area (Å²) in [6, 6.07) is 16.0. The van der Waals surface area contributed by atoms with Crippen LogP contribution < -0.4 is 5.32 Å². The second-order valence-electron chi connectivity index (χ2n) is 6.18. The number of carbonyl (C=O) groups excluding carboxylic acids is 2. The first-order chi connectivity index (χ1) is 13.5. The van der Waals surface area contributed by atoms with E-state index >= 15 is 0 Å². The normalized spacial score (nSPS) is 15.4. The molecule has 3 aromatic rings. The minimum atomic E-state index is -0.607. The third kappa shape index (κ3) is 3.54. The van der Waals surface area contributed by atoms with E-state index in [9.17, 15) is 14.0 Å². The van der Waals surface area contributed by atoms with Crippen molar-refractivity contribution in [3.63, 3.8) is 0 Å². The maximum atomic E-state index is 13.8. The quantitative estimate of drug-likeness (QED) is 0.507. The molecule has 1 N–H and O–H groups in total. The molecule has 1 aliphatic heterocycles. The SMILES string of the molecule is O=C1NC(=Cc2ccc(-c3ccc(Cl)cc3)o2)C(=O)N1Cc1ccccc1F. The monoisotopic (exact) mass is 396 g/mol. The van der Waals surface area contributed by atoms with Gasteiger partial charge in [0, 0.05) is 22.2 Å². The Balaban J connectivity index is 1.54. The molecule has 4 rings (SSSR count). The van der Waals surface area contributed by atoms with Crippen LogP contribution in [0.1, 0.15) is 11.3 Å². The van der Waals surface area contributed by atoms with E-state index in [1.165, 1.54) is 18.2 Å². The van der Waals surface area contributed by atoms with E-state index in [4.69, 9.17) is 16.0 Å². The third-order valence-electron chi connectivity index (χ3n) is 4.29. The third-order valence-corrected chi connectivity index (χ3v) is 4.54. The minimum absolute atomic E-state index is 0.0679. The van der Waals surface area contributed by atoms with Crippen molar-refractivity contribution >= 4 is 29.6 Å². The fourth-order valence-electron chi connectivity index (χ4n) is 2.85. The summed E-state index contributed by atoms with van der Waals surface area (Å²) in [6.07, 6.45) is 1.45. The number of amides is 3. The van der Waals surface area contributed by atoms with E-state index in [2.05, 4.69) is 5.32 Å². The standard InChI is InChI=1S/C21H14ClFN2O3/c22-15-7-5-13(6-8-15)19-10-9-16(28-19)11-18-20(26)25(21(27)24-18)12-14-3-1-2-4-17(14)23/h1-11H,12H2,(H,24,27). The van der Waals surface area contributed by atoms with Crippen molar-refractivity contribution in [1.29, 1.82) is 0 Å². The van der Waals surface area contributed by atoms with Crippen LogP contribution in [-0.2, 0) is 11.3 Å². The lowest BCUT2D eigenvalue weighted by atomic mass is 10.2. The molecule has 140 valence electrons. The van der Waals surface area contributed by atoms with Crippen LogP contribution in [0.3, 0.4) is 0 Å². The van der Waals surface area contributed by atoms with E-state index in [0.717, 1.165) is 10.5 Å². The summed E-state index contributed by atoms with van der Waals surface area (Å²) in [5.74, 6) is -0.0123. The van der Waals surface area contributed by atoms with Gasteiger partial charge in [-0.3, -0.25) is 9.69 Å². The van der Waals surface area contributed by atoms with E-state index in [1.54, 1.807) is 36.4 Å². The molecule has 1 aliphatic rings. The van der Waals surface area contributed by atoms with E-state index < -0.39 is 17.8 Å². The van der Waals surface area contributed by atoms with E-state index in [1.807, 2.05) is 12.1 Å². The molecule has 0 aliphatic carbocycles. The summed E-state index contributed by atoms with van der Waals surface area (Å²) in [5.41, 5.74) is 1.16. The topological polar surface area (TPSA) is 62.6 Å². The fourth-order valence-corrected chi connectivity index (χ4v) is 2.98. The van der Waals surface area contributed by atoms with Crippen LogP contribution in [-0.4, -0.2) is 16.8 Å². The summed E-state index contributed by atoms with van der Waals surface area (Å²) >= 11 is 5.88. The Morgan fingerprint density at radius 3 is 2.54 bits per heavy atom. The van der Waals surface area contributed by atoms with Crippen LogP contribution >= 0.6 is 11.6 Å². The smallest absolute Gasteiger partial charge is 0.329 e. The van der Waals surface area contributed by atoms with Gasteiger partial charge in [-0.05, 0) is 42.5 Å². The predicted molar refractivity (Wildman–Crippen MR) is 103 cm³/mol.